The van der Waals surface area contributed by atoms with Gasteiger partial charge in [-0.15, -0.1) is 5.10 Å². The van der Waals surface area contributed by atoms with Crippen molar-refractivity contribution in [2.24, 2.45) is 5.92 Å². The summed E-state index contributed by atoms with van der Waals surface area (Å²) in [5, 5.41) is 11.4. The zero-order valence-electron chi connectivity index (χ0n) is 14.0. The highest BCUT2D eigenvalue weighted by molar-refractivity contribution is 5.91. The lowest BCUT2D eigenvalue weighted by atomic mass is 10.2. The van der Waals surface area contributed by atoms with Crippen molar-refractivity contribution in [3.63, 3.8) is 0 Å². The molecule has 1 amide bonds. The van der Waals surface area contributed by atoms with Crippen molar-refractivity contribution in [3.8, 4) is 0 Å². The predicted octanol–water partition coefficient (Wildman–Crippen LogP) is 1.49. The quantitative estimate of drug-likeness (QED) is 0.888. The Bertz CT molecular complexity index is 665. The van der Waals surface area contributed by atoms with Gasteiger partial charge in [-0.1, -0.05) is 13.8 Å². The Labute approximate surface area is 140 Å². The third kappa shape index (κ3) is 3.81. The highest BCUT2D eigenvalue weighted by atomic mass is 16.3. The second kappa shape index (κ2) is 7.29. The Morgan fingerprint density at radius 1 is 1.33 bits per heavy atom. The number of rotatable bonds is 5. The van der Waals surface area contributed by atoms with Gasteiger partial charge in [-0.3, -0.25) is 4.79 Å². The van der Waals surface area contributed by atoms with Crippen LogP contribution in [0.1, 0.15) is 24.4 Å². The van der Waals surface area contributed by atoms with Crippen LogP contribution in [0.5, 0.6) is 0 Å². The van der Waals surface area contributed by atoms with Crippen molar-refractivity contribution in [1.29, 1.82) is 0 Å². The SMILES string of the molecule is CC(C)CNc1cnnc(N2CCN(C(=O)c3ccco3)CC2)n1. The molecule has 1 aliphatic heterocycles. The molecule has 1 aliphatic rings. The summed E-state index contributed by atoms with van der Waals surface area (Å²) in [6.07, 6.45) is 3.14. The summed E-state index contributed by atoms with van der Waals surface area (Å²) in [7, 11) is 0. The smallest absolute Gasteiger partial charge is 0.289 e. The number of hydrogen-bond donors (Lipinski definition) is 1. The lowest BCUT2D eigenvalue weighted by Crippen LogP contribution is -2.49. The zero-order valence-corrected chi connectivity index (χ0v) is 14.0. The molecule has 1 saturated heterocycles. The van der Waals surface area contributed by atoms with Crippen molar-refractivity contribution in [2.45, 2.75) is 13.8 Å². The van der Waals surface area contributed by atoms with E-state index in [1.807, 2.05) is 4.90 Å². The van der Waals surface area contributed by atoms with Gasteiger partial charge in [-0.25, -0.2) is 0 Å². The van der Waals surface area contributed by atoms with E-state index < -0.39 is 0 Å². The highest BCUT2D eigenvalue weighted by Gasteiger charge is 2.25. The van der Waals surface area contributed by atoms with Crippen molar-refractivity contribution in [3.05, 3.63) is 30.4 Å². The van der Waals surface area contributed by atoms with Gasteiger partial charge in [0.15, 0.2) is 11.6 Å². The van der Waals surface area contributed by atoms with Gasteiger partial charge in [0.25, 0.3) is 5.91 Å². The summed E-state index contributed by atoms with van der Waals surface area (Å²) >= 11 is 0. The standard InChI is InChI=1S/C16H22N6O2/c1-12(2)10-17-14-11-18-20-16(19-14)22-7-5-21(6-8-22)15(23)13-4-3-9-24-13/h3-4,9,11-12H,5-8,10H2,1-2H3,(H,17,19,20). The predicted molar refractivity (Wildman–Crippen MR) is 90.0 cm³/mol. The normalized spacial score (nSPS) is 15.0. The average molecular weight is 330 g/mol. The molecule has 0 aliphatic carbocycles. The fraction of sp³-hybridized carbons (Fsp3) is 0.500. The molecule has 8 heteroatoms. The van der Waals surface area contributed by atoms with Gasteiger partial charge in [-0.2, -0.15) is 10.1 Å². The molecule has 0 aromatic carbocycles. The number of amides is 1. The van der Waals surface area contributed by atoms with E-state index in [9.17, 15) is 4.79 Å². The molecule has 24 heavy (non-hydrogen) atoms. The molecule has 8 nitrogen and oxygen atoms in total. The van der Waals surface area contributed by atoms with E-state index in [1.54, 1.807) is 23.2 Å². The first-order chi connectivity index (χ1) is 11.6. The molecule has 3 rings (SSSR count). The van der Waals surface area contributed by atoms with Gasteiger partial charge in [0.2, 0.25) is 5.95 Å². The van der Waals surface area contributed by atoms with E-state index in [-0.39, 0.29) is 5.91 Å². The van der Waals surface area contributed by atoms with Crippen LogP contribution in [0.2, 0.25) is 0 Å². The van der Waals surface area contributed by atoms with Crippen LogP contribution >= 0.6 is 0 Å². The molecular formula is C16H22N6O2. The van der Waals surface area contributed by atoms with E-state index >= 15 is 0 Å². The minimum atomic E-state index is -0.0777. The van der Waals surface area contributed by atoms with E-state index in [4.69, 9.17) is 4.42 Å². The molecule has 0 radical (unpaired) electrons. The van der Waals surface area contributed by atoms with Crippen LogP contribution in [0.15, 0.2) is 29.0 Å². The second-order valence-electron chi connectivity index (χ2n) is 6.17. The van der Waals surface area contributed by atoms with Crippen molar-refractivity contribution in [1.82, 2.24) is 20.1 Å². The van der Waals surface area contributed by atoms with Crippen molar-refractivity contribution < 1.29 is 9.21 Å². The van der Waals surface area contributed by atoms with E-state index in [0.29, 0.717) is 43.8 Å². The molecule has 1 fully saturated rings. The average Bonchev–Trinajstić information content (AvgIpc) is 3.14. The van der Waals surface area contributed by atoms with Crippen LogP contribution in [-0.2, 0) is 0 Å². The fourth-order valence-corrected chi connectivity index (χ4v) is 2.49. The van der Waals surface area contributed by atoms with Crippen LogP contribution < -0.4 is 10.2 Å². The van der Waals surface area contributed by atoms with Crippen LogP contribution in [0, 0.1) is 5.92 Å². The van der Waals surface area contributed by atoms with Crippen LogP contribution in [0.3, 0.4) is 0 Å². The minimum Gasteiger partial charge on any atom is -0.459 e. The van der Waals surface area contributed by atoms with E-state index in [0.717, 1.165) is 12.4 Å². The summed E-state index contributed by atoms with van der Waals surface area (Å²) in [6.45, 7) is 7.65. The largest absolute Gasteiger partial charge is 0.459 e. The molecular weight excluding hydrogens is 308 g/mol. The van der Waals surface area contributed by atoms with Gasteiger partial charge >= 0.3 is 0 Å². The van der Waals surface area contributed by atoms with Crippen LogP contribution in [-0.4, -0.2) is 58.7 Å². The molecule has 2 aromatic rings. The summed E-state index contributed by atoms with van der Waals surface area (Å²) in [5.41, 5.74) is 0. The molecule has 0 spiro atoms. The third-order valence-electron chi connectivity index (χ3n) is 3.82. The van der Waals surface area contributed by atoms with Crippen LogP contribution in [0.25, 0.3) is 0 Å². The number of hydrogen-bond acceptors (Lipinski definition) is 7. The van der Waals surface area contributed by atoms with Gasteiger partial charge < -0.3 is 19.5 Å². The molecule has 0 unspecified atom stereocenters. The maximum absolute atomic E-state index is 12.3. The number of anilines is 2. The number of nitrogens with zero attached hydrogens (tertiary/aromatic N) is 5. The highest BCUT2D eigenvalue weighted by Crippen LogP contribution is 2.14. The topological polar surface area (TPSA) is 87.4 Å². The first-order valence-corrected chi connectivity index (χ1v) is 8.15. The minimum absolute atomic E-state index is 0.0777. The van der Waals surface area contributed by atoms with Gasteiger partial charge in [0.05, 0.1) is 12.5 Å². The monoisotopic (exact) mass is 330 g/mol. The first-order valence-electron chi connectivity index (χ1n) is 8.15. The number of furan rings is 1. The second-order valence-corrected chi connectivity index (χ2v) is 6.17. The number of carbonyl (C=O) groups excluding carboxylic acids is 1. The molecule has 128 valence electrons. The van der Waals surface area contributed by atoms with Crippen molar-refractivity contribution in [2.75, 3.05) is 42.9 Å². The summed E-state index contributed by atoms with van der Waals surface area (Å²) in [5.74, 6) is 2.14. The Hall–Kier alpha value is -2.64. The Balaban J connectivity index is 1.58. The number of aromatic nitrogens is 3. The molecule has 2 aromatic heterocycles. The number of carbonyl (C=O) groups is 1. The summed E-state index contributed by atoms with van der Waals surface area (Å²) in [4.78, 5) is 20.6. The lowest BCUT2D eigenvalue weighted by Gasteiger charge is -2.34. The van der Waals surface area contributed by atoms with Gasteiger partial charge in [0, 0.05) is 32.7 Å². The third-order valence-corrected chi connectivity index (χ3v) is 3.82. The number of nitrogens with one attached hydrogen (secondary N) is 1. The Morgan fingerprint density at radius 3 is 2.79 bits per heavy atom. The molecule has 3 heterocycles. The Kier molecular flexibility index (Phi) is 4.93. The zero-order chi connectivity index (χ0) is 16.9. The van der Waals surface area contributed by atoms with Gasteiger partial charge in [0.1, 0.15) is 0 Å². The van der Waals surface area contributed by atoms with E-state index in [2.05, 4.69) is 34.3 Å². The van der Waals surface area contributed by atoms with Crippen LogP contribution in [0.4, 0.5) is 11.8 Å². The maximum Gasteiger partial charge on any atom is 0.289 e. The van der Waals surface area contributed by atoms with E-state index in [1.165, 1.54) is 6.26 Å². The van der Waals surface area contributed by atoms with Crippen molar-refractivity contribution >= 4 is 17.7 Å². The Morgan fingerprint density at radius 2 is 2.12 bits per heavy atom. The molecule has 0 atom stereocenters. The molecule has 0 bridgehead atoms. The molecule has 0 saturated carbocycles. The fourth-order valence-electron chi connectivity index (χ4n) is 2.49. The van der Waals surface area contributed by atoms with Gasteiger partial charge in [-0.05, 0) is 18.1 Å². The first kappa shape index (κ1) is 16.2. The maximum atomic E-state index is 12.3. The summed E-state index contributed by atoms with van der Waals surface area (Å²) < 4.78 is 5.17. The number of piperazine rings is 1. The summed E-state index contributed by atoms with van der Waals surface area (Å²) in [6, 6.07) is 3.41. The lowest BCUT2D eigenvalue weighted by molar-refractivity contribution is 0.0714. The molecule has 1 N–H and O–H groups in total.